The first-order valence-corrected chi connectivity index (χ1v) is 8.47. The van der Waals surface area contributed by atoms with Gasteiger partial charge in [-0.2, -0.15) is 0 Å². The van der Waals surface area contributed by atoms with Crippen molar-refractivity contribution >= 4 is 11.5 Å². The number of anilines is 2. The zero-order valence-electron chi connectivity index (χ0n) is 15.2. The minimum absolute atomic E-state index is 0.0770. The Hall–Kier alpha value is -3.19. The molecule has 0 fully saturated rings. The van der Waals surface area contributed by atoms with Gasteiger partial charge in [-0.15, -0.1) is 0 Å². The first-order valence-electron chi connectivity index (χ1n) is 8.47. The Morgan fingerprint density at radius 1 is 1.19 bits per heavy atom. The maximum absolute atomic E-state index is 13.7. The van der Waals surface area contributed by atoms with Crippen LogP contribution < -0.4 is 15.8 Å². The van der Waals surface area contributed by atoms with Crippen molar-refractivity contribution in [2.75, 3.05) is 31.3 Å². The van der Waals surface area contributed by atoms with Crippen LogP contribution in [0.25, 0.3) is 22.4 Å². The quantitative estimate of drug-likeness (QED) is 0.578. The summed E-state index contributed by atoms with van der Waals surface area (Å²) in [5.74, 6) is 0.622. The van der Waals surface area contributed by atoms with Crippen molar-refractivity contribution in [3.63, 3.8) is 0 Å². The molecular weight excluding hydrogens is 347 g/mol. The van der Waals surface area contributed by atoms with Crippen molar-refractivity contribution in [1.82, 2.24) is 9.97 Å². The fraction of sp³-hybridized carbons (Fsp3) is 0.200. The summed E-state index contributed by atoms with van der Waals surface area (Å²) < 4.78 is 19.3. The lowest BCUT2D eigenvalue weighted by molar-refractivity contribution is 0.197. The van der Waals surface area contributed by atoms with Gasteiger partial charge in [0.1, 0.15) is 18.2 Å². The molecule has 0 spiro atoms. The third kappa shape index (κ3) is 4.15. The lowest BCUT2D eigenvalue weighted by Gasteiger charge is -2.13. The number of aliphatic hydroxyl groups is 1. The molecule has 0 radical (unpaired) electrons. The van der Waals surface area contributed by atoms with E-state index in [9.17, 15) is 4.39 Å². The molecule has 0 aliphatic carbocycles. The van der Waals surface area contributed by atoms with Crippen molar-refractivity contribution in [3.05, 3.63) is 54.0 Å². The molecule has 0 unspecified atom stereocenters. The third-order valence-corrected chi connectivity index (χ3v) is 4.11. The number of aliphatic hydroxyl groups excluding tert-OH is 1. The summed E-state index contributed by atoms with van der Waals surface area (Å²) in [6.07, 6.45) is 1.69. The van der Waals surface area contributed by atoms with Crippen molar-refractivity contribution in [2.24, 2.45) is 0 Å². The van der Waals surface area contributed by atoms with E-state index in [1.807, 2.05) is 25.1 Å². The number of aromatic nitrogens is 2. The molecule has 0 aliphatic heterocycles. The smallest absolute Gasteiger partial charge is 0.214 e. The van der Waals surface area contributed by atoms with Gasteiger partial charge in [0.05, 0.1) is 18.0 Å². The van der Waals surface area contributed by atoms with Crippen LogP contribution in [0.2, 0.25) is 0 Å². The van der Waals surface area contributed by atoms with E-state index in [0.717, 1.165) is 22.3 Å². The molecule has 1 aromatic carbocycles. The number of hydrogen-bond donors (Lipinski definition) is 3. The fourth-order valence-corrected chi connectivity index (χ4v) is 2.76. The average Bonchev–Trinajstić information content (AvgIpc) is 2.69. The van der Waals surface area contributed by atoms with Gasteiger partial charge < -0.3 is 20.9 Å². The lowest BCUT2D eigenvalue weighted by atomic mass is 9.98. The fourth-order valence-electron chi connectivity index (χ4n) is 2.76. The number of aryl methyl sites for hydroxylation is 1. The number of halogens is 1. The second-order valence-corrected chi connectivity index (χ2v) is 6.02. The van der Waals surface area contributed by atoms with Crippen LogP contribution in [0.4, 0.5) is 15.9 Å². The van der Waals surface area contributed by atoms with E-state index in [2.05, 4.69) is 15.3 Å². The maximum Gasteiger partial charge on any atom is 0.214 e. The molecular formula is C20H21FN4O2. The molecule has 0 saturated heterocycles. The summed E-state index contributed by atoms with van der Waals surface area (Å²) in [7, 11) is 1.79. The Kier molecular flexibility index (Phi) is 5.52. The molecule has 2 aromatic heterocycles. The molecule has 27 heavy (non-hydrogen) atoms. The van der Waals surface area contributed by atoms with Crippen molar-refractivity contribution in [3.8, 4) is 28.3 Å². The Morgan fingerprint density at radius 3 is 2.74 bits per heavy atom. The Morgan fingerprint density at radius 2 is 2.00 bits per heavy atom. The van der Waals surface area contributed by atoms with E-state index >= 15 is 0 Å². The first kappa shape index (κ1) is 18.6. The van der Waals surface area contributed by atoms with Gasteiger partial charge in [-0.05, 0) is 53.9 Å². The number of nitrogens with one attached hydrogen (secondary N) is 1. The van der Waals surface area contributed by atoms with Crippen molar-refractivity contribution in [1.29, 1.82) is 0 Å². The zero-order valence-corrected chi connectivity index (χ0v) is 15.2. The van der Waals surface area contributed by atoms with E-state index < -0.39 is 5.82 Å². The van der Waals surface area contributed by atoms with Gasteiger partial charge >= 0.3 is 0 Å². The number of ether oxygens (including phenoxy) is 1. The minimum atomic E-state index is -0.449. The van der Waals surface area contributed by atoms with Gasteiger partial charge in [0.2, 0.25) is 5.88 Å². The van der Waals surface area contributed by atoms with Crippen LogP contribution in [0.5, 0.6) is 5.88 Å². The largest absolute Gasteiger partial charge is 0.475 e. The van der Waals surface area contributed by atoms with E-state index in [4.69, 9.17) is 15.6 Å². The van der Waals surface area contributed by atoms with Crippen LogP contribution in [-0.4, -0.2) is 35.3 Å². The minimum Gasteiger partial charge on any atom is -0.475 e. The third-order valence-electron chi connectivity index (χ3n) is 4.11. The molecule has 0 amide bonds. The molecule has 0 bridgehead atoms. The Bertz CT molecular complexity index is 963. The average molecular weight is 368 g/mol. The number of nitrogen functional groups attached to an aromatic ring is 1. The molecule has 2 heterocycles. The van der Waals surface area contributed by atoms with E-state index in [-0.39, 0.29) is 18.9 Å². The highest BCUT2D eigenvalue weighted by atomic mass is 19.1. The second-order valence-electron chi connectivity index (χ2n) is 6.02. The van der Waals surface area contributed by atoms with Crippen LogP contribution in [0.3, 0.4) is 0 Å². The second kappa shape index (κ2) is 8.01. The molecule has 6 nitrogen and oxygen atoms in total. The maximum atomic E-state index is 13.7. The van der Waals surface area contributed by atoms with Gasteiger partial charge in [-0.25, -0.2) is 14.4 Å². The monoisotopic (exact) mass is 368 g/mol. The summed E-state index contributed by atoms with van der Waals surface area (Å²) in [4.78, 5) is 8.73. The van der Waals surface area contributed by atoms with Gasteiger partial charge in [0, 0.05) is 24.9 Å². The van der Waals surface area contributed by atoms with E-state index in [0.29, 0.717) is 17.4 Å². The van der Waals surface area contributed by atoms with E-state index in [1.165, 1.54) is 6.07 Å². The van der Waals surface area contributed by atoms with Crippen LogP contribution in [-0.2, 0) is 0 Å². The van der Waals surface area contributed by atoms with E-state index in [1.54, 1.807) is 25.4 Å². The SMILES string of the molecule is CNc1cc(-c2cc(-c3cc(N)c(F)cc3C)cc(OCCO)n2)ccn1. The molecule has 3 rings (SSSR count). The molecule has 0 atom stereocenters. The zero-order chi connectivity index (χ0) is 19.4. The molecule has 3 aromatic rings. The van der Waals surface area contributed by atoms with Gasteiger partial charge in [-0.1, -0.05) is 0 Å². The van der Waals surface area contributed by atoms with Crippen LogP contribution >= 0.6 is 0 Å². The number of rotatable bonds is 6. The number of nitrogens with two attached hydrogens (primary N) is 1. The van der Waals surface area contributed by atoms with Gasteiger partial charge in [0.25, 0.3) is 0 Å². The molecule has 0 saturated carbocycles. The van der Waals surface area contributed by atoms with Gasteiger partial charge in [-0.3, -0.25) is 0 Å². The van der Waals surface area contributed by atoms with Crippen LogP contribution in [0.15, 0.2) is 42.6 Å². The Labute approximate surface area is 156 Å². The topological polar surface area (TPSA) is 93.3 Å². The lowest BCUT2D eigenvalue weighted by Crippen LogP contribution is -2.04. The molecule has 0 aliphatic rings. The van der Waals surface area contributed by atoms with Gasteiger partial charge in [0.15, 0.2) is 0 Å². The van der Waals surface area contributed by atoms with Crippen LogP contribution in [0.1, 0.15) is 5.56 Å². The number of pyridine rings is 2. The highest BCUT2D eigenvalue weighted by molar-refractivity contribution is 5.76. The number of benzene rings is 1. The summed E-state index contributed by atoms with van der Waals surface area (Å²) in [5, 5.41) is 12.0. The Balaban J connectivity index is 2.15. The van der Waals surface area contributed by atoms with Crippen molar-refractivity contribution < 1.29 is 14.2 Å². The predicted molar refractivity (Wildman–Crippen MR) is 104 cm³/mol. The number of nitrogens with zero attached hydrogens (tertiary/aromatic N) is 2. The highest BCUT2D eigenvalue weighted by Gasteiger charge is 2.12. The summed E-state index contributed by atoms with van der Waals surface area (Å²) in [5.41, 5.74) is 9.68. The summed E-state index contributed by atoms with van der Waals surface area (Å²) in [6, 6.07) is 10.4. The van der Waals surface area contributed by atoms with Crippen molar-refractivity contribution in [2.45, 2.75) is 6.92 Å². The standard InChI is InChI=1S/C20H21FN4O2/c1-12-7-16(21)17(22)11-15(12)14-8-18(25-20(10-14)27-6-5-26)13-3-4-24-19(9-13)23-2/h3-4,7-11,26H,5-6,22H2,1-2H3,(H,23,24). The number of hydrogen-bond acceptors (Lipinski definition) is 6. The highest BCUT2D eigenvalue weighted by Crippen LogP contribution is 2.33. The first-order chi connectivity index (χ1) is 13.0. The van der Waals surface area contributed by atoms with Crippen LogP contribution in [0, 0.1) is 12.7 Å². The molecule has 7 heteroatoms. The molecule has 140 valence electrons. The molecule has 4 N–H and O–H groups in total. The normalized spacial score (nSPS) is 10.7. The summed E-state index contributed by atoms with van der Waals surface area (Å²) >= 11 is 0. The predicted octanol–water partition coefficient (Wildman–Crippen LogP) is 3.25. The summed E-state index contributed by atoms with van der Waals surface area (Å²) in [6.45, 7) is 1.82.